The normalized spacial score (nSPS) is 29.3. The number of carbonyl (C=O) groups is 1. The fraction of sp³-hybridized carbons (Fsp3) is 0.909. The van der Waals surface area contributed by atoms with Gasteiger partial charge in [0.15, 0.2) is 0 Å². The SMILES string of the molecule is CN1CCC(NC(=O)C2CCNC2)CC1. The molecule has 2 fully saturated rings. The average Bonchev–Trinajstić information content (AvgIpc) is 2.74. The Morgan fingerprint density at radius 1 is 1.33 bits per heavy atom. The molecule has 0 spiro atoms. The summed E-state index contributed by atoms with van der Waals surface area (Å²) in [5, 5.41) is 6.40. The number of nitrogens with one attached hydrogen (secondary N) is 2. The second-order valence-electron chi connectivity index (χ2n) is 4.78. The summed E-state index contributed by atoms with van der Waals surface area (Å²) in [5.74, 6) is 0.471. The van der Waals surface area contributed by atoms with Gasteiger partial charge in [-0.1, -0.05) is 0 Å². The van der Waals surface area contributed by atoms with E-state index in [1.54, 1.807) is 0 Å². The largest absolute Gasteiger partial charge is 0.353 e. The summed E-state index contributed by atoms with van der Waals surface area (Å²) in [6.07, 6.45) is 3.20. The van der Waals surface area contributed by atoms with Gasteiger partial charge in [-0.2, -0.15) is 0 Å². The van der Waals surface area contributed by atoms with Gasteiger partial charge in [-0.15, -0.1) is 0 Å². The Labute approximate surface area is 91.4 Å². The van der Waals surface area contributed by atoms with Crippen LogP contribution in [0.3, 0.4) is 0 Å². The second-order valence-corrected chi connectivity index (χ2v) is 4.78. The van der Waals surface area contributed by atoms with Gasteiger partial charge in [0.1, 0.15) is 0 Å². The van der Waals surface area contributed by atoms with Crippen LogP contribution in [-0.4, -0.2) is 50.1 Å². The summed E-state index contributed by atoms with van der Waals surface area (Å²) in [7, 11) is 2.14. The van der Waals surface area contributed by atoms with Gasteiger partial charge in [0.25, 0.3) is 0 Å². The molecule has 2 saturated heterocycles. The van der Waals surface area contributed by atoms with Crippen LogP contribution < -0.4 is 10.6 Å². The molecule has 0 aromatic carbocycles. The molecule has 0 aromatic heterocycles. The Bertz CT molecular complexity index is 218. The lowest BCUT2D eigenvalue weighted by molar-refractivity contribution is -0.125. The first-order chi connectivity index (χ1) is 7.25. The number of rotatable bonds is 2. The number of hydrogen-bond acceptors (Lipinski definition) is 3. The number of hydrogen-bond donors (Lipinski definition) is 2. The molecule has 2 heterocycles. The van der Waals surface area contributed by atoms with Gasteiger partial charge in [-0.05, 0) is 45.9 Å². The predicted octanol–water partition coefficient (Wildman–Crippen LogP) is -0.194. The van der Waals surface area contributed by atoms with E-state index < -0.39 is 0 Å². The maximum absolute atomic E-state index is 11.8. The fourth-order valence-electron chi connectivity index (χ4n) is 2.35. The lowest BCUT2D eigenvalue weighted by atomic mass is 10.0. The molecule has 2 N–H and O–H groups in total. The van der Waals surface area contributed by atoms with Gasteiger partial charge in [0.2, 0.25) is 5.91 Å². The standard InChI is InChI=1S/C11H21N3O/c1-14-6-3-10(4-7-14)13-11(15)9-2-5-12-8-9/h9-10,12H,2-8H2,1H3,(H,13,15). The summed E-state index contributed by atoms with van der Waals surface area (Å²) in [5.41, 5.74) is 0. The summed E-state index contributed by atoms with van der Waals surface area (Å²) in [6.45, 7) is 4.06. The first kappa shape index (κ1) is 10.9. The Kier molecular flexibility index (Phi) is 3.59. The van der Waals surface area contributed by atoms with Crippen LogP contribution in [0.4, 0.5) is 0 Å². The van der Waals surface area contributed by atoms with Gasteiger partial charge < -0.3 is 15.5 Å². The van der Waals surface area contributed by atoms with E-state index in [0.29, 0.717) is 6.04 Å². The van der Waals surface area contributed by atoms with Crippen LogP contribution in [0.2, 0.25) is 0 Å². The molecular formula is C11H21N3O. The minimum absolute atomic E-state index is 0.213. The molecule has 0 saturated carbocycles. The number of likely N-dealkylation sites (tertiary alicyclic amines) is 1. The number of nitrogens with zero attached hydrogens (tertiary/aromatic N) is 1. The van der Waals surface area contributed by atoms with Crippen molar-refractivity contribution < 1.29 is 4.79 Å². The number of amides is 1. The lowest BCUT2D eigenvalue weighted by Crippen LogP contribution is -2.45. The summed E-state index contributed by atoms with van der Waals surface area (Å²) >= 11 is 0. The first-order valence-corrected chi connectivity index (χ1v) is 5.95. The highest BCUT2D eigenvalue weighted by Crippen LogP contribution is 2.12. The molecule has 0 bridgehead atoms. The molecule has 1 atom stereocenters. The van der Waals surface area contributed by atoms with E-state index in [9.17, 15) is 4.79 Å². The third-order valence-electron chi connectivity index (χ3n) is 3.50. The van der Waals surface area contributed by atoms with Gasteiger partial charge >= 0.3 is 0 Å². The van der Waals surface area contributed by atoms with E-state index in [2.05, 4.69) is 22.6 Å². The zero-order chi connectivity index (χ0) is 10.7. The first-order valence-electron chi connectivity index (χ1n) is 5.95. The molecule has 2 aliphatic heterocycles. The van der Waals surface area contributed by atoms with Crippen molar-refractivity contribution >= 4 is 5.91 Å². The van der Waals surface area contributed by atoms with Crippen LogP contribution in [0.25, 0.3) is 0 Å². The number of piperidine rings is 1. The lowest BCUT2D eigenvalue weighted by Gasteiger charge is -2.30. The van der Waals surface area contributed by atoms with Gasteiger partial charge in [-0.3, -0.25) is 4.79 Å². The van der Waals surface area contributed by atoms with Crippen molar-refractivity contribution in [3.63, 3.8) is 0 Å². The highest BCUT2D eigenvalue weighted by molar-refractivity contribution is 5.79. The molecule has 15 heavy (non-hydrogen) atoms. The van der Waals surface area contributed by atoms with Crippen LogP contribution >= 0.6 is 0 Å². The zero-order valence-corrected chi connectivity index (χ0v) is 9.46. The minimum atomic E-state index is 0.213. The second kappa shape index (κ2) is 4.94. The predicted molar refractivity (Wildman–Crippen MR) is 59.6 cm³/mol. The molecule has 0 radical (unpaired) electrons. The van der Waals surface area contributed by atoms with E-state index in [4.69, 9.17) is 0 Å². The van der Waals surface area contributed by atoms with E-state index >= 15 is 0 Å². The Morgan fingerprint density at radius 2 is 2.07 bits per heavy atom. The van der Waals surface area contributed by atoms with E-state index in [0.717, 1.165) is 45.4 Å². The van der Waals surface area contributed by atoms with Crippen molar-refractivity contribution in [1.82, 2.24) is 15.5 Å². The molecule has 0 aromatic rings. The molecule has 1 unspecified atom stereocenters. The summed E-state index contributed by atoms with van der Waals surface area (Å²) in [4.78, 5) is 14.1. The molecule has 1 amide bonds. The zero-order valence-electron chi connectivity index (χ0n) is 9.46. The summed E-state index contributed by atoms with van der Waals surface area (Å²) < 4.78 is 0. The van der Waals surface area contributed by atoms with E-state index in [1.807, 2.05) is 0 Å². The van der Waals surface area contributed by atoms with Gasteiger partial charge in [0.05, 0.1) is 5.92 Å². The molecule has 2 aliphatic rings. The molecule has 86 valence electrons. The molecule has 4 nitrogen and oxygen atoms in total. The van der Waals surface area contributed by atoms with Crippen molar-refractivity contribution in [1.29, 1.82) is 0 Å². The van der Waals surface area contributed by atoms with Crippen LogP contribution in [0, 0.1) is 5.92 Å². The Morgan fingerprint density at radius 3 is 2.67 bits per heavy atom. The third kappa shape index (κ3) is 2.92. The Balaban J connectivity index is 1.74. The molecule has 0 aliphatic carbocycles. The van der Waals surface area contributed by atoms with Crippen LogP contribution in [0.5, 0.6) is 0 Å². The highest BCUT2D eigenvalue weighted by Gasteiger charge is 2.25. The quantitative estimate of drug-likeness (QED) is 0.665. The smallest absolute Gasteiger partial charge is 0.224 e. The molecule has 2 rings (SSSR count). The van der Waals surface area contributed by atoms with E-state index in [-0.39, 0.29) is 11.8 Å². The molecule has 4 heteroatoms. The van der Waals surface area contributed by atoms with E-state index in [1.165, 1.54) is 0 Å². The maximum Gasteiger partial charge on any atom is 0.224 e. The summed E-state index contributed by atoms with van der Waals surface area (Å²) in [6, 6.07) is 0.411. The molecular weight excluding hydrogens is 190 g/mol. The highest BCUT2D eigenvalue weighted by atomic mass is 16.2. The van der Waals surface area contributed by atoms with Gasteiger partial charge in [0, 0.05) is 12.6 Å². The monoisotopic (exact) mass is 211 g/mol. The van der Waals surface area contributed by atoms with Gasteiger partial charge in [-0.25, -0.2) is 0 Å². The average molecular weight is 211 g/mol. The maximum atomic E-state index is 11.8. The number of carbonyl (C=O) groups excluding carboxylic acids is 1. The van der Waals surface area contributed by atoms with Crippen molar-refractivity contribution in [2.24, 2.45) is 5.92 Å². The van der Waals surface area contributed by atoms with Crippen LogP contribution in [-0.2, 0) is 4.79 Å². The van der Waals surface area contributed by atoms with Crippen molar-refractivity contribution in [3.05, 3.63) is 0 Å². The third-order valence-corrected chi connectivity index (χ3v) is 3.50. The van der Waals surface area contributed by atoms with Crippen molar-refractivity contribution in [3.8, 4) is 0 Å². The van der Waals surface area contributed by atoms with Crippen LogP contribution in [0.15, 0.2) is 0 Å². The van der Waals surface area contributed by atoms with Crippen LogP contribution in [0.1, 0.15) is 19.3 Å². The Hall–Kier alpha value is -0.610. The topological polar surface area (TPSA) is 44.4 Å². The minimum Gasteiger partial charge on any atom is -0.353 e. The van der Waals surface area contributed by atoms with Crippen molar-refractivity contribution in [2.75, 3.05) is 33.2 Å². The van der Waals surface area contributed by atoms with Crippen molar-refractivity contribution in [2.45, 2.75) is 25.3 Å². The fourth-order valence-corrected chi connectivity index (χ4v) is 2.35.